The van der Waals surface area contributed by atoms with Crippen molar-refractivity contribution in [2.75, 3.05) is 19.3 Å². The van der Waals surface area contributed by atoms with Gasteiger partial charge in [-0.15, -0.1) is 11.8 Å². The fraction of sp³-hybridized carbons (Fsp3) is 0.333. The lowest BCUT2D eigenvalue weighted by Crippen LogP contribution is -2.45. The van der Waals surface area contributed by atoms with Crippen LogP contribution in [0.25, 0.3) is 0 Å². The Bertz CT molecular complexity index is 810. The van der Waals surface area contributed by atoms with Gasteiger partial charge in [-0.1, -0.05) is 35.9 Å². The van der Waals surface area contributed by atoms with Crippen molar-refractivity contribution in [3.05, 3.63) is 64.7 Å². The van der Waals surface area contributed by atoms with Gasteiger partial charge in [-0.2, -0.15) is 0 Å². The van der Waals surface area contributed by atoms with E-state index in [-0.39, 0.29) is 17.7 Å². The van der Waals surface area contributed by atoms with Crippen LogP contribution >= 0.6 is 23.4 Å². The summed E-state index contributed by atoms with van der Waals surface area (Å²) in [6, 6.07) is 15.2. The molecule has 1 heterocycles. The minimum Gasteiger partial charge on any atom is -0.352 e. The van der Waals surface area contributed by atoms with Crippen LogP contribution in [0, 0.1) is 5.92 Å². The lowest BCUT2D eigenvalue weighted by Gasteiger charge is -2.32. The van der Waals surface area contributed by atoms with Crippen LogP contribution in [0.15, 0.2) is 53.4 Å². The van der Waals surface area contributed by atoms with Crippen molar-refractivity contribution >= 4 is 35.2 Å². The van der Waals surface area contributed by atoms with Gasteiger partial charge < -0.3 is 10.2 Å². The SMILES string of the molecule is CSc1ccc(CNC(=O)C2CCCN(C(=O)c3ccccc3Cl)C2)cc1. The number of piperidine rings is 1. The third-order valence-electron chi connectivity index (χ3n) is 4.81. The number of thioether (sulfide) groups is 1. The standard InChI is InChI=1S/C21H23ClN2O2S/c1-27-17-10-8-15(9-11-17)13-23-20(25)16-5-4-12-24(14-16)21(26)18-6-2-3-7-19(18)22/h2-3,6-11,16H,4-5,12-14H2,1H3,(H,23,25). The summed E-state index contributed by atoms with van der Waals surface area (Å²) in [6.07, 6.45) is 3.65. The molecule has 1 aliphatic heterocycles. The van der Waals surface area contributed by atoms with Crippen molar-refractivity contribution in [2.45, 2.75) is 24.3 Å². The lowest BCUT2D eigenvalue weighted by atomic mass is 9.96. The predicted molar refractivity (Wildman–Crippen MR) is 110 cm³/mol. The van der Waals surface area contributed by atoms with Crippen molar-refractivity contribution in [3.63, 3.8) is 0 Å². The largest absolute Gasteiger partial charge is 0.352 e. The van der Waals surface area contributed by atoms with E-state index in [0.717, 1.165) is 18.4 Å². The molecular weight excluding hydrogens is 380 g/mol. The second-order valence-electron chi connectivity index (χ2n) is 6.64. The normalized spacial score (nSPS) is 16.8. The van der Waals surface area contributed by atoms with Gasteiger partial charge >= 0.3 is 0 Å². The van der Waals surface area contributed by atoms with Crippen LogP contribution in [0.4, 0.5) is 0 Å². The van der Waals surface area contributed by atoms with E-state index in [9.17, 15) is 9.59 Å². The fourth-order valence-electron chi connectivity index (χ4n) is 3.26. The van der Waals surface area contributed by atoms with E-state index in [2.05, 4.69) is 17.4 Å². The quantitative estimate of drug-likeness (QED) is 0.761. The number of likely N-dealkylation sites (tertiary alicyclic amines) is 1. The van der Waals surface area contributed by atoms with E-state index >= 15 is 0 Å². The average molecular weight is 403 g/mol. The number of halogens is 1. The second kappa shape index (κ2) is 9.29. The zero-order valence-corrected chi connectivity index (χ0v) is 16.9. The summed E-state index contributed by atoms with van der Waals surface area (Å²) in [7, 11) is 0. The van der Waals surface area contributed by atoms with Gasteiger partial charge in [0.1, 0.15) is 0 Å². The van der Waals surface area contributed by atoms with Crippen molar-refractivity contribution in [3.8, 4) is 0 Å². The third kappa shape index (κ3) is 5.05. The molecule has 0 saturated carbocycles. The lowest BCUT2D eigenvalue weighted by molar-refractivity contribution is -0.126. The number of amides is 2. The maximum atomic E-state index is 12.7. The van der Waals surface area contributed by atoms with Crippen LogP contribution in [0.1, 0.15) is 28.8 Å². The van der Waals surface area contributed by atoms with Crippen molar-refractivity contribution in [1.29, 1.82) is 0 Å². The van der Waals surface area contributed by atoms with Gasteiger partial charge in [-0.3, -0.25) is 9.59 Å². The number of hydrogen-bond donors (Lipinski definition) is 1. The molecule has 142 valence electrons. The first-order chi connectivity index (χ1) is 13.1. The molecule has 1 fully saturated rings. The minimum absolute atomic E-state index is 0.000557. The molecule has 1 N–H and O–H groups in total. The number of nitrogens with zero attached hydrogens (tertiary/aromatic N) is 1. The summed E-state index contributed by atoms with van der Waals surface area (Å²) in [6.45, 7) is 1.59. The van der Waals surface area contributed by atoms with Gasteiger partial charge in [0.25, 0.3) is 5.91 Å². The first-order valence-electron chi connectivity index (χ1n) is 9.03. The van der Waals surface area contributed by atoms with Gasteiger partial charge in [0, 0.05) is 24.5 Å². The van der Waals surface area contributed by atoms with Gasteiger partial charge in [-0.05, 0) is 48.9 Å². The summed E-state index contributed by atoms with van der Waals surface area (Å²) in [4.78, 5) is 28.3. The van der Waals surface area contributed by atoms with Crippen LogP contribution in [-0.2, 0) is 11.3 Å². The molecule has 1 unspecified atom stereocenters. The third-order valence-corrected chi connectivity index (χ3v) is 5.88. The first-order valence-corrected chi connectivity index (χ1v) is 10.6. The topological polar surface area (TPSA) is 49.4 Å². The molecule has 0 radical (unpaired) electrons. The van der Waals surface area contributed by atoms with E-state index in [1.165, 1.54) is 4.90 Å². The van der Waals surface area contributed by atoms with Crippen molar-refractivity contribution < 1.29 is 9.59 Å². The summed E-state index contributed by atoms with van der Waals surface area (Å²) in [5.41, 5.74) is 1.56. The van der Waals surface area contributed by atoms with E-state index in [0.29, 0.717) is 30.2 Å². The van der Waals surface area contributed by atoms with Gasteiger partial charge in [0.2, 0.25) is 5.91 Å². The monoisotopic (exact) mass is 402 g/mol. The number of rotatable bonds is 5. The van der Waals surface area contributed by atoms with E-state index in [1.54, 1.807) is 40.9 Å². The summed E-state index contributed by atoms with van der Waals surface area (Å²) < 4.78 is 0. The Kier molecular flexibility index (Phi) is 6.80. The number of hydrogen-bond acceptors (Lipinski definition) is 3. The number of nitrogens with one attached hydrogen (secondary N) is 1. The average Bonchev–Trinajstić information content (AvgIpc) is 2.72. The first kappa shape index (κ1) is 19.8. The van der Waals surface area contributed by atoms with Crippen LogP contribution in [-0.4, -0.2) is 36.1 Å². The van der Waals surface area contributed by atoms with E-state index < -0.39 is 0 Å². The number of benzene rings is 2. The number of carbonyl (C=O) groups is 2. The maximum absolute atomic E-state index is 12.7. The molecule has 1 aliphatic rings. The highest BCUT2D eigenvalue weighted by Crippen LogP contribution is 2.22. The summed E-state index contributed by atoms with van der Waals surface area (Å²) >= 11 is 7.84. The van der Waals surface area contributed by atoms with E-state index in [1.807, 2.05) is 18.4 Å². The fourth-order valence-corrected chi connectivity index (χ4v) is 3.88. The highest BCUT2D eigenvalue weighted by Gasteiger charge is 2.29. The highest BCUT2D eigenvalue weighted by atomic mass is 35.5. The molecule has 1 saturated heterocycles. The second-order valence-corrected chi connectivity index (χ2v) is 7.92. The van der Waals surface area contributed by atoms with Crippen LogP contribution in [0.2, 0.25) is 5.02 Å². The molecule has 2 aromatic rings. The Morgan fingerprint density at radius 3 is 2.63 bits per heavy atom. The molecule has 3 rings (SSSR count). The molecule has 0 bridgehead atoms. The molecular formula is C21H23ClN2O2S. The Hall–Kier alpha value is -1.98. The van der Waals surface area contributed by atoms with Crippen LogP contribution in [0.3, 0.4) is 0 Å². The van der Waals surface area contributed by atoms with Crippen LogP contribution in [0.5, 0.6) is 0 Å². The Morgan fingerprint density at radius 1 is 1.19 bits per heavy atom. The van der Waals surface area contributed by atoms with Crippen molar-refractivity contribution in [1.82, 2.24) is 10.2 Å². The Morgan fingerprint density at radius 2 is 1.93 bits per heavy atom. The molecule has 27 heavy (non-hydrogen) atoms. The summed E-state index contributed by atoms with van der Waals surface area (Å²) in [5.74, 6) is -0.290. The molecule has 4 nitrogen and oxygen atoms in total. The highest BCUT2D eigenvalue weighted by molar-refractivity contribution is 7.98. The molecule has 1 atom stereocenters. The van der Waals surface area contributed by atoms with Crippen LogP contribution < -0.4 is 5.32 Å². The summed E-state index contributed by atoms with van der Waals surface area (Å²) in [5, 5.41) is 3.45. The molecule has 2 aromatic carbocycles. The van der Waals surface area contributed by atoms with E-state index in [4.69, 9.17) is 11.6 Å². The molecule has 6 heteroatoms. The van der Waals surface area contributed by atoms with Gasteiger partial charge in [-0.25, -0.2) is 0 Å². The molecule has 2 amide bonds. The Balaban J connectivity index is 1.57. The minimum atomic E-state index is -0.185. The molecule has 0 spiro atoms. The zero-order valence-electron chi connectivity index (χ0n) is 15.3. The predicted octanol–water partition coefficient (Wildman–Crippen LogP) is 4.23. The number of carbonyl (C=O) groups excluding carboxylic acids is 2. The maximum Gasteiger partial charge on any atom is 0.255 e. The smallest absolute Gasteiger partial charge is 0.255 e. The Labute approximate surface area is 169 Å². The molecule has 0 aliphatic carbocycles. The molecule has 0 aromatic heterocycles. The van der Waals surface area contributed by atoms with Gasteiger partial charge in [0.05, 0.1) is 16.5 Å². The van der Waals surface area contributed by atoms with Crippen molar-refractivity contribution in [2.24, 2.45) is 5.92 Å². The zero-order chi connectivity index (χ0) is 19.2. The van der Waals surface area contributed by atoms with Gasteiger partial charge in [0.15, 0.2) is 0 Å².